The first-order chi connectivity index (χ1) is 14.9. The minimum Gasteiger partial charge on any atom is -0.378 e. The number of hydrogen-bond acceptors (Lipinski definition) is 4. The van der Waals surface area contributed by atoms with Gasteiger partial charge in [0.1, 0.15) is 0 Å². The fourth-order valence-electron chi connectivity index (χ4n) is 4.27. The second-order valence-electron chi connectivity index (χ2n) is 7.86. The summed E-state index contributed by atoms with van der Waals surface area (Å²) in [5.74, 6) is -0.109. The van der Waals surface area contributed by atoms with Gasteiger partial charge < -0.3 is 26.4 Å². The van der Waals surface area contributed by atoms with Gasteiger partial charge in [-0.2, -0.15) is 0 Å². The molecule has 1 aromatic rings. The standard InChI is InChI=1S/C23H37N5O3/c1-5-23(6-2)18(13-19(23)31-8-4)28-22(25-7-3)27-14-16-9-11-17(12-10-16)21(30)26-15-20(24)29/h9-12,18-19H,5-8,13-15H2,1-4H3,(H2,24,29)(H,26,30)(H2,25,27,28). The molecule has 31 heavy (non-hydrogen) atoms. The third-order valence-corrected chi connectivity index (χ3v) is 6.18. The molecular formula is C23H37N5O3. The number of nitrogens with two attached hydrogens (primary N) is 1. The number of guanidine groups is 1. The highest BCUT2D eigenvalue weighted by atomic mass is 16.5. The predicted octanol–water partition coefficient (Wildman–Crippen LogP) is 1.94. The fraction of sp³-hybridized carbons (Fsp3) is 0.609. The Kier molecular flexibility index (Phi) is 9.30. The lowest BCUT2D eigenvalue weighted by atomic mass is 9.58. The van der Waals surface area contributed by atoms with Crippen molar-refractivity contribution in [3.8, 4) is 0 Å². The van der Waals surface area contributed by atoms with Crippen LogP contribution in [0.25, 0.3) is 0 Å². The molecule has 2 unspecified atom stereocenters. The highest BCUT2D eigenvalue weighted by molar-refractivity contribution is 5.96. The SMILES string of the molecule is CCNC(=NCc1ccc(C(=O)NCC(N)=O)cc1)NC1CC(OCC)C1(CC)CC. The van der Waals surface area contributed by atoms with Crippen molar-refractivity contribution in [2.75, 3.05) is 19.7 Å². The van der Waals surface area contributed by atoms with Crippen LogP contribution in [-0.2, 0) is 16.1 Å². The van der Waals surface area contributed by atoms with Crippen molar-refractivity contribution in [3.63, 3.8) is 0 Å². The lowest BCUT2D eigenvalue weighted by molar-refractivity contribution is -0.133. The molecule has 0 aromatic heterocycles. The Morgan fingerprint density at radius 2 is 1.81 bits per heavy atom. The Morgan fingerprint density at radius 3 is 2.35 bits per heavy atom. The minimum atomic E-state index is -0.572. The molecule has 0 heterocycles. The fourth-order valence-corrected chi connectivity index (χ4v) is 4.27. The molecule has 0 saturated heterocycles. The zero-order valence-corrected chi connectivity index (χ0v) is 19.2. The largest absolute Gasteiger partial charge is 0.378 e. The van der Waals surface area contributed by atoms with Gasteiger partial charge in [0.15, 0.2) is 5.96 Å². The lowest BCUT2D eigenvalue weighted by Crippen LogP contribution is -2.65. The Hall–Kier alpha value is -2.61. The maximum absolute atomic E-state index is 12.0. The van der Waals surface area contributed by atoms with Crippen LogP contribution in [0, 0.1) is 5.41 Å². The number of carbonyl (C=O) groups excluding carboxylic acids is 2. The summed E-state index contributed by atoms with van der Waals surface area (Å²) < 4.78 is 5.98. The molecular weight excluding hydrogens is 394 g/mol. The van der Waals surface area contributed by atoms with Crippen LogP contribution in [0.5, 0.6) is 0 Å². The van der Waals surface area contributed by atoms with Crippen molar-refractivity contribution < 1.29 is 14.3 Å². The van der Waals surface area contributed by atoms with Gasteiger partial charge in [0.2, 0.25) is 5.91 Å². The van der Waals surface area contributed by atoms with Crippen molar-refractivity contribution in [3.05, 3.63) is 35.4 Å². The van der Waals surface area contributed by atoms with E-state index in [1.807, 2.05) is 19.1 Å². The highest BCUT2D eigenvalue weighted by Crippen LogP contribution is 2.48. The average molecular weight is 432 g/mol. The van der Waals surface area contributed by atoms with E-state index in [0.717, 1.165) is 43.9 Å². The first-order valence-electron chi connectivity index (χ1n) is 11.2. The number of ether oxygens (including phenoxy) is 1. The molecule has 1 aliphatic carbocycles. The Bertz CT molecular complexity index is 759. The number of benzene rings is 1. The quantitative estimate of drug-likeness (QED) is 0.315. The summed E-state index contributed by atoms with van der Waals surface area (Å²) in [7, 11) is 0. The molecule has 0 radical (unpaired) electrons. The number of nitrogens with one attached hydrogen (secondary N) is 3. The van der Waals surface area contributed by atoms with Crippen molar-refractivity contribution in [2.24, 2.45) is 16.1 Å². The zero-order valence-electron chi connectivity index (χ0n) is 19.2. The van der Waals surface area contributed by atoms with Gasteiger partial charge in [-0.15, -0.1) is 0 Å². The number of carbonyl (C=O) groups is 2. The summed E-state index contributed by atoms with van der Waals surface area (Å²) in [5, 5.41) is 9.42. The first kappa shape index (κ1) is 24.7. The Balaban J connectivity index is 2.01. The number of nitrogens with zero attached hydrogens (tertiary/aromatic N) is 1. The molecule has 0 aliphatic heterocycles. The van der Waals surface area contributed by atoms with Crippen LogP contribution in [0.4, 0.5) is 0 Å². The molecule has 2 atom stereocenters. The van der Waals surface area contributed by atoms with Crippen LogP contribution in [0.3, 0.4) is 0 Å². The topological polar surface area (TPSA) is 118 Å². The summed E-state index contributed by atoms with van der Waals surface area (Å²) in [6, 6.07) is 7.50. The zero-order chi connectivity index (χ0) is 22.9. The number of hydrogen-bond donors (Lipinski definition) is 4. The van der Waals surface area contributed by atoms with E-state index in [2.05, 4.69) is 36.7 Å². The van der Waals surface area contributed by atoms with E-state index in [1.54, 1.807) is 12.1 Å². The van der Waals surface area contributed by atoms with Crippen molar-refractivity contribution >= 4 is 17.8 Å². The van der Waals surface area contributed by atoms with Crippen LogP contribution < -0.4 is 21.7 Å². The molecule has 1 fully saturated rings. The van der Waals surface area contributed by atoms with E-state index >= 15 is 0 Å². The number of primary amides is 1. The van der Waals surface area contributed by atoms with Gasteiger partial charge in [-0.05, 0) is 50.8 Å². The predicted molar refractivity (Wildman–Crippen MR) is 123 cm³/mol. The maximum Gasteiger partial charge on any atom is 0.251 e. The van der Waals surface area contributed by atoms with Crippen LogP contribution in [-0.4, -0.2) is 49.6 Å². The monoisotopic (exact) mass is 431 g/mol. The summed E-state index contributed by atoms with van der Waals surface area (Å²) in [5.41, 5.74) is 6.65. The molecule has 8 heteroatoms. The second-order valence-corrected chi connectivity index (χ2v) is 7.86. The molecule has 1 aromatic carbocycles. The lowest BCUT2D eigenvalue weighted by Gasteiger charge is -2.55. The summed E-state index contributed by atoms with van der Waals surface area (Å²) >= 11 is 0. The third kappa shape index (κ3) is 6.19. The van der Waals surface area contributed by atoms with E-state index in [0.29, 0.717) is 24.3 Å². The van der Waals surface area contributed by atoms with Gasteiger partial charge in [-0.25, -0.2) is 4.99 Å². The van der Waals surface area contributed by atoms with E-state index < -0.39 is 5.91 Å². The van der Waals surface area contributed by atoms with E-state index in [1.165, 1.54) is 0 Å². The molecule has 2 amide bonds. The van der Waals surface area contributed by atoms with E-state index in [9.17, 15) is 9.59 Å². The molecule has 0 bridgehead atoms. The maximum atomic E-state index is 12.0. The molecule has 8 nitrogen and oxygen atoms in total. The van der Waals surface area contributed by atoms with Crippen molar-refractivity contribution in [1.29, 1.82) is 0 Å². The summed E-state index contributed by atoms with van der Waals surface area (Å²) in [6.45, 7) is 10.4. The normalized spacial score (nSPS) is 19.9. The van der Waals surface area contributed by atoms with Gasteiger partial charge in [-0.3, -0.25) is 9.59 Å². The van der Waals surface area contributed by atoms with Crippen LogP contribution in [0.2, 0.25) is 0 Å². The van der Waals surface area contributed by atoms with Gasteiger partial charge in [-0.1, -0.05) is 26.0 Å². The van der Waals surface area contributed by atoms with E-state index in [-0.39, 0.29) is 17.9 Å². The average Bonchev–Trinajstić information content (AvgIpc) is 2.76. The number of aliphatic imine (C=N–C) groups is 1. The third-order valence-electron chi connectivity index (χ3n) is 6.18. The van der Waals surface area contributed by atoms with Gasteiger partial charge in [0.25, 0.3) is 5.91 Å². The number of amides is 2. The van der Waals surface area contributed by atoms with Crippen LogP contribution in [0.1, 0.15) is 62.9 Å². The molecule has 1 aliphatic rings. The number of rotatable bonds is 11. The van der Waals surface area contributed by atoms with Gasteiger partial charge in [0, 0.05) is 30.2 Å². The molecule has 5 N–H and O–H groups in total. The highest BCUT2D eigenvalue weighted by Gasteiger charge is 2.53. The summed E-state index contributed by atoms with van der Waals surface area (Å²) in [4.78, 5) is 27.5. The Morgan fingerprint density at radius 1 is 1.13 bits per heavy atom. The second kappa shape index (κ2) is 11.7. The molecule has 1 saturated carbocycles. The molecule has 2 rings (SSSR count). The Labute approximate surface area is 185 Å². The van der Waals surface area contributed by atoms with Crippen LogP contribution in [0.15, 0.2) is 29.3 Å². The first-order valence-corrected chi connectivity index (χ1v) is 11.2. The minimum absolute atomic E-state index is 0.131. The van der Waals surface area contributed by atoms with E-state index in [4.69, 9.17) is 15.5 Å². The van der Waals surface area contributed by atoms with Crippen molar-refractivity contribution in [2.45, 2.75) is 65.6 Å². The summed E-state index contributed by atoms with van der Waals surface area (Å²) in [6.07, 6.45) is 3.39. The molecule has 0 spiro atoms. The van der Waals surface area contributed by atoms with Gasteiger partial charge in [0.05, 0.1) is 19.2 Å². The smallest absolute Gasteiger partial charge is 0.251 e. The molecule has 172 valence electrons. The van der Waals surface area contributed by atoms with Crippen molar-refractivity contribution in [1.82, 2.24) is 16.0 Å². The van der Waals surface area contributed by atoms with Gasteiger partial charge >= 0.3 is 0 Å². The van der Waals surface area contributed by atoms with Crippen LogP contribution >= 0.6 is 0 Å².